The molecule has 0 spiro atoms. The summed E-state index contributed by atoms with van der Waals surface area (Å²) >= 11 is 5.79. The summed E-state index contributed by atoms with van der Waals surface area (Å²) in [7, 11) is 0. The Morgan fingerprint density at radius 2 is 2.05 bits per heavy atom. The maximum atomic E-state index is 11.4. The normalized spacial score (nSPS) is 10.5. The van der Waals surface area contributed by atoms with Gasteiger partial charge in [-0.1, -0.05) is 28.9 Å². The second-order valence-electron chi connectivity index (χ2n) is 4.02. The molecule has 0 aliphatic rings. The molecule has 0 bridgehead atoms. The van der Waals surface area contributed by atoms with Crippen LogP contribution in [0.1, 0.15) is 28.7 Å². The third-order valence-electron chi connectivity index (χ3n) is 2.47. The first-order chi connectivity index (χ1) is 9.69. The zero-order valence-electron chi connectivity index (χ0n) is 11.0. The Hall–Kier alpha value is -1.85. The van der Waals surface area contributed by atoms with Crippen molar-refractivity contribution in [2.75, 3.05) is 6.61 Å². The summed E-state index contributed by atoms with van der Waals surface area (Å²) in [6.07, 6.45) is 0. The largest absolute Gasteiger partial charge is 0.461 e. The van der Waals surface area contributed by atoms with Crippen molar-refractivity contribution in [3.63, 3.8) is 0 Å². The number of carbonyl (C=O) groups excluding carboxylic acids is 1. The molecule has 2 rings (SSSR count). The second-order valence-corrected chi connectivity index (χ2v) is 4.45. The van der Waals surface area contributed by atoms with Gasteiger partial charge in [0.05, 0.1) is 13.2 Å². The molecule has 5 nitrogen and oxygen atoms in total. The standard InChI is InChI=1S/C14H14ClNO4/c1-2-19-14(17)13-7-12(20-16-13)9-18-8-10-3-5-11(15)6-4-10/h3-7H,2,8-9H2,1H3. The van der Waals surface area contributed by atoms with Crippen LogP contribution in [0.25, 0.3) is 0 Å². The fraction of sp³-hybridized carbons (Fsp3) is 0.286. The van der Waals surface area contributed by atoms with Gasteiger partial charge in [-0.3, -0.25) is 0 Å². The fourth-order valence-electron chi connectivity index (χ4n) is 1.53. The fourth-order valence-corrected chi connectivity index (χ4v) is 1.66. The van der Waals surface area contributed by atoms with Crippen LogP contribution in [0.3, 0.4) is 0 Å². The number of benzene rings is 1. The molecule has 2 aromatic rings. The highest BCUT2D eigenvalue weighted by Gasteiger charge is 2.13. The van der Waals surface area contributed by atoms with Crippen molar-refractivity contribution >= 4 is 17.6 Å². The lowest BCUT2D eigenvalue weighted by atomic mass is 10.2. The van der Waals surface area contributed by atoms with Crippen LogP contribution < -0.4 is 0 Å². The van der Waals surface area contributed by atoms with Gasteiger partial charge < -0.3 is 14.0 Å². The second kappa shape index (κ2) is 7.07. The van der Waals surface area contributed by atoms with E-state index in [4.69, 9.17) is 25.6 Å². The van der Waals surface area contributed by atoms with Gasteiger partial charge in [0, 0.05) is 11.1 Å². The Bertz CT molecular complexity index is 565. The maximum Gasteiger partial charge on any atom is 0.360 e. The van der Waals surface area contributed by atoms with E-state index in [1.54, 1.807) is 19.1 Å². The SMILES string of the molecule is CCOC(=O)c1cc(COCc2ccc(Cl)cc2)on1. The van der Waals surface area contributed by atoms with E-state index >= 15 is 0 Å². The van der Waals surface area contributed by atoms with Crippen molar-refractivity contribution in [2.24, 2.45) is 0 Å². The monoisotopic (exact) mass is 295 g/mol. The van der Waals surface area contributed by atoms with E-state index in [0.29, 0.717) is 24.0 Å². The quantitative estimate of drug-likeness (QED) is 0.766. The number of aromatic nitrogens is 1. The summed E-state index contributed by atoms with van der Waals surface area (Å²) in [5.41, 5.74) is 1.15. The van der Waals surface area contributed by atoms with Crippen LogP contribution in [0, 0.1) is 0 Å². The first-order valence-electron chi connectivity index (χ1n) is 6.14. The van der Waals surface area contributed by atoms with Crippen LogP contribution in [0.5, 0.6) is 0 Å². The maximum absolute atomic E-state index is 11.4. The Morgan fingerprint density at radius 1 is 1.30 bits per heavy atom. The number of hydrogen-bond donors (Lipinski definition) is 0. The zero-order chi connectivity index (χ0) is 14.4. The van der Waals surface area contributed by atoms with E-state index in [0.717, 1.165) is 5.56 Å². The molecule has 0 saturated carbocycles. The van der Waals surface area contributed by atoms with Crippen molar-refractivity contribution in [1.82, 2.24) is 5.16 Å². The van der Waals surface area contributed by atoms with E-state index in [1.807, 2.05) is 12.1 Å². The Morgan fingerprint density at radius 3 is 2.75 bits per heavy atom. The molecular weight excluding hydrogens is 282 g/mol. The van der Waals surface area contributed by atoms with Crippen LogP contribution in [0.15, 0.2) is 34.9 Å². The number of hydrogen-bond acceptors (Lipinski definition) is 5. The number of carbonyl (C=O) groups is 1. The Balaban J connectivity index is 1.82. The number of rotatable bonds is 6. The van der Waals surface area contributed by atoms with E-state index < -0.39 is 5.97 Å². The number of halogens is 1. The van der Waals surface area contributed by atoms with Gasteiger partial charge in [-0.2, -0.15) is 0 Å². The van der Waals surface area contributed by atoms with Crippen LogP contribution in [0.2, 0.25) is 5.02 Å². The summed E-state index contributed by atoms with van der Waals surface area (Å²) in [6.45, 7) is 2.68. The highest BCUT2D eigenvalue weighted by molar-refractivity contribution is 6.30. The zero-order valence-corrected chi connectivity index (χ0v) is 11.7. The number of esters is 1. The number of ether oxygens (including phenoxy) is 2. The smallest absolute Gasteiger partial charge is 0.360 e. The van der Waals surface area contributed by atoms with Gasteiger partial charge in [0.2, 0.25) is 0 Å². The predicted molar refractivity (Wildman–Crippen MR) is 72.4 cm³/mol. The molecule has 0 N–H and O–H groups in total. The molecule has 0 unspecified atom stereocenters. The summed E-state index contributed by atoms with van der Waals surface area (Å²) in [5, 5.41) is 4.31. The topological polar surface area (TPSA) is 61.6 Å². The molecular formula is C14H14ClNO4. The third-order valence-corrected chi connectivity index (χ3v) is 2.72. The van der Waals surface area contributed by atoms with Crippen molar-refractivity contribution in [2.45, 2.75) is 20.1 Å². The van der Waals surface area contributed by atoms with Gasteiger partial charge in [-0.25, -0.2) is 4.79 Å². The van der Waals surface area contributed by atoms with Crippen molar-refractivity contribution in [1.29, 1.82) is 0 Å². The molecule has 0 aliphatic carbocycles. The first kappa shape index (κ1) is 14.6. The van der Waals surface area contributed by atoms with Crippen LogP contribution in [-0.2, 0) is 22.7 Å². The minimum absolute atomic E-state index is 0.150. The van der Waals surface area contributed by atoms with Crippen LogP contribution in [0.4, 0.5) is 0 Å². The van der Waals surface area contributed by atoms with Gasteiger partial charge in [0.1, 0.15) is 6.61 Å². The van der Waals surface area contributed by atoms with Gasteiger partial charge >= 0.3 is 5.97 Å². The molecule has 20 heavy (non-hydrogen) atoms. The lowest BCUT2D eigenvalue weighted by molar-refractivity contribution is 0.0513. The third kappa shape index (κ3) is 4.08. The molecule has 106 valence electrons. The summed E-state index contributed by atoms with van der Waals surface area (Å²) in [4.78, 5) is 11.4. The van der Waals surface area contributed by atoms with E-state index in [1.165, 1.54) is 6.07 Å². The Kier molecular flexibility index (Phi) is 5.15. The van der Waals surface area contributed by atoms with Gasteiger partial charge in [0.25, 0.3) is 0 Å². The van der Waals surface area contributed by atoms with Crippen molar-refractivity contribution in [3.05, 3.63) is 52.4 Å². The van der Waals surface area contributed by atoms with E-state index in [9.17, 15) is 4.79 Å². The molecule has 0 aliphatic heterocycles. The molecule has 0 amide bonds. The molecule has 0 radical (unpaired) electrons. The average molecular weight is 296 g/mol. The van der Waals surface area contributed by atoms with Gasteiger partial charge in [-0.15, -0.1) is 0 Å². The van der Waals surface area contributed by atoms with Gasteiger partial charge in [-0.05, 0) is 24.6 Å². The highest BCUT2D eigenvalue weighted by atomic mass is 35.5. The van der Waals surface area contributed by atoms with Crippen LogP contribution in [-0.4, -0.2) is 17.7 Å². The van der Waals surface area contributed by atoms with Gasteiger partial charge in [0.15, 0.2) is 11.5 Å². The van der Waals surface area contributed by atoms with Crippen molar-refractivity contribution in [3.8, 4) is 0 Å². The lowest BCUT2D eigenvalue weighted by Gasteiger charge is -2.01. The van der Waals surface area contributed by atoms with Crippen LogP contribution >= 0.6 is 11.6 Å². The van der Waals surface area contributed by atoms with E-state index in [2.05, 4.69) is 5.16 Å². The van der Waals surface area contributed by atoms with Crippen molar-refractivity contribution < 1.29 is 18.8 Å². The summed E-state index contributed by atoms with van der Waals surface area (Å²) in [6, 6.07) is 8.88. The Labute approximate surface area is 121 Å². The molecule has 0 fully saturated rings. The first-order valence-corrected chi connectivity index (χ1v) is 6.51. The molecule has 1 heterocycles. The van der Waals surface area contributed by atoms with E-state index in [-0.39, 0.29) is 12.3 Å². The molecule has 1 aromatic heterocycles. The average Bonchev–Trinajstić information content (AvgIpc) is 2.90. The predicted octanol–water partition coefficient (Wildman–Crippen LogP) is 3.22. The number of nitrogens with zero attached hydrogens (tertiary/aromatic N) is 1. The molecule has 0 atom stereocenters. The minimum atomic E-state index is -0.500. The highest BCUT2D eigenvalue weighted by Crippen LogP contribution is 2.12. The molecule has 6 heteroatoms. The molecule has 1 aromatic carbocycles. The lowest BCUT2D eigenvalue weighted by Crippen LogP contribution is -2.04. The summed E-state index contributed by atoms with van der Waals surface area (Å²) in [5.74, 6) is -0.0257. The minimum Gasteiger partial charge on any atom is -0.461 e. The molecule has 0 saturated heterocycles. The summed E-state index contributed by atoms with van der Waals surface area (Å²) < 4.78 is 15.3.